The van der Waals surface area contributed by atoms with Crippen LogP contribution in [0.3, 0.4) is 0 Å². The van der Waals surface area contributed by atoms with Gasteiger partial charge in [0.1, 0.15) is 18.0 Å². The summed E-state index contributed by atoms with van der Waals surface area (Å²) in [7, 11) is 0. The number of aromatic nitrogens is 3. The normalized spacial score (nSPS) is 20.5. The molecule has 2 aromatic heterocycles. The fourth-order valence-electron chi connectivity index (χ4n) is 3.19. The minimum atomic E-state index is -0.202. The highest BCUT2D eigenvalue weighted by molar-refractivity contribution is 5.98. The van der Waals surface area contributed by atoms with Crippen LogP contribution in [0.25, 0.3) is 11.0 Å². The van der Waals surface area contributed by atoms with Gasteiger partial charge in [-0.3, -0.25) is 9.89 Å². The molecule has 1 amide bonds. The number of carbonyl (C=O) groups excluding carboxylic acids is 1. The van der Waals surface area contributed by atoms with Crippen molar-refractivity contribution in [2.24, 2.45) is 5.92 Å². The highest BCUT2D eigenvalue weighted by atomic mass is 16.5. The summed E-state index contributed by atoms with van der Waals surface area (Å²) < 4.78 is 11.4. The Bertz CT molecular complexity index is 856. The number of fused-ring (bicyclic) bond motifs is 1. The number of furan rings is 1. The SMILES string of the molecule is Cc1c(C(=O)NC[C@@H]2CCO[C@@H]2c2ncn[nH]2)oc2ccccc12. The first-order valence-corrected chi connectivity index (χ1v) is 7.97. The zero-order valence-corrected chi connectivity index (χ0v) is 13.3. The fraction of sp³-hybridized carbons (Fsp3) is 0.353. The van der Waals surface area contributed by atoms with Gasteiger partial charge in [0, 0.05) is 30.0 Å². The van der Waals surface area contributed by atoms with E-state index in [9.17, 15) is 4.79 Å². The summed E-state index contributed by atoms with van der Waals surface area (Å²) in [6, 6.07) is 7.65. The lowest BCUT2D eigenvalue weighted by atomic mass is 10.0. The van der Waals surface area contributed by atoms with Crippen LogP contribution < -0.4 is 5.32 Å². The van der Waals surface area contributed by atoms with Gasteiger partial charge >= 0.3 is 0 Å². The Balaban J connectivity index is 1.47. The van der Waals surface area contributed by atoms with Crippen molar-refractivity contribution >= 4 is 16.9 Å². The molecule has 1 aromatic carbocycles. The van der Waals surface area contributed by atoms with Crippen LogP contribution in [0, 0.1) is 12.8 Å². The molecule has 1 saturated heterocycles. The number of ether oxygens (including phenoxy) is 1. The number of nitrogens with zero attached hydrogens (tertiary/aromatic N) is 2. The van der Waals surface area contributed by atoms with E-state index in [4.69, 9.17) is 9.15 Å². The summed E-state index contributed by atoms with van der Waals surface area (Å²) in [6.45, 7) is 3.05. The van der Waals surface area contributed by atoms with Crippen LogP contribution >= 0.6 is 0 Å². The lowest BCUT2D eigenvalue weighted by Crippen LogP contribution is -2.31. The van der Waals surface area contributed by atoms with E-state index in [2.05, 4.69) is 20.5 Å². The van der Waals surface area contributed by atoms with E-state index in [0.717, 1.165) is 23.0 Å². The number of carbonyl (C=O) groups is 1. The third kappa shape index (κ3) is 2.56. The summed E-state index contributed by atoms with van der Waals surface area (Å²) in [5.74, 6) is 1.02. The molecule has 0 radical (unpaired) electrons. The Morgan fingerprint density at radius 3 is 3.08 bits per heavy atom. The lowest BCUT2D eigenvalue weighted by molar-refractivity contribution is 0.0790. The van der Waals surface area contributed by atoms with Crippen LogP contribution in [0.1, 0.15) is 34.5 Å². The van der Waals surface area contributed by atoms with Gasteiger partial charge < -0.3 is 14.5 Å². The molecular formula is C17H18N4O3. The van der Waals surface area contributed by atoms with Crippen molar-refractivity contribution < 1.29 is 13.9 Å². The van der Waals surface area contributed by atoms with Crippen LogP contribution in [-0.4, -0.2) is 34.2 Å². The van der Waals surface area contributed by atoms with E-state index >= 15 is 0 Å². The van der Waals surface area contributed by atoms with E-state index < -0.39 is 0 Å². The standard InChI is InChI=1S/C17H18N4O3/c1-10-12-4-2-3-5-13(12)24-14(10)17(22)18-8-11-6-7-23-15(11)16-19-9-20-21-16/h2-5,9,11,15H,6-8H2,1H3,(H,18,22)(H,19,20,21)/t11-,15-/m0/s1. The minimum Gasteiger partial charge on any atom is -0.451 e. The van der Waals surface area contributed by atoms with Crippen LogP contribution in [0.5, 0.6) is 0 Å². The van der Waals surface area contributed by atoms with Gasteiger partial charge in [-0.05, 0) is 19.4 Å². The van der Waals surface area contributed by atoms with Gasteiger partial charge in [0.2, 0.25) is 0 Å². The molecule has 0 aliphatic carbocycles. The first-order chi connectivity index (χ1) is 11.7. The quantitative estimate of drug-likeness (QED) is 0.768. The summed E-state index contributed by atoms with van der Waals surface area (Å²) in [4.78, 5) is 16.7. The van der Waals surface area contributed by atoms with E-state index in [1.165, 1.54) is 6.33 Å². The number of aryl methyl sites for hydroxylation is 1. The van der Waals surface area contributed by atoms with E-state index in [0.29, 0.717) is 24.7 Å². The Labute approximate surface area is 138 Å². The molecule has 1 fully saturated rings. The number of amides is 1. The van der Waals surface area contributed by atoms with Crippen molar-refractivity contribution in [2.75, 3.05) is 13.2 Å². The average Bonchev–Trinajstić information content (AvgIpc) is 3.32. The molecule has 3 aromatic rings. The van der Waals surface area contributed by atoms with E-state index in [-0.39, 0.29) is 17.9 Å². The van der Waals surface area contributed by atoms with E-state index in [1.54, 1.807) is 0 Å². The molecule has 3 heterocycles. The summed E-state index contributed by atoms with van der Waals surface area (Å²) in [6.07, 6.45) is 2.17. The maximum Gasteiger partial charge on any atom is 0.287 e. The van der Waals surface area contributed by atoms with Gasteiger partial charge in [0.25, 0.3) is 5.91 Å². The third-order valence-corrected chi connectivity index (χ3v) is 4.49. The first-order valence-electron chi connectivity index (χ1n) is 7.97. The molecule has 1 aliphatic heterocycles. The van der Waals surface area contributed by atoms with Crippen LogP contribution in [0.2, 0.25) is 0 Å². The van der Waals surface area contributed by atoms with Gasteiger partial charge in [-0.25, -0.2) is 4.98 Å². The Hall–Kier alpha value is -2.67. The number of nitrogens with one attached hydrogen (secondary N) is 2. The molecule has 4 rings (SSSR count). The molecule has 0 bridgehead atoms. The van der Waals surface area contributed by atoms with Crippen molar-refractivity contribution in [3.63, 3.8) is 0 Å². The first kappa shape index (κ1) is 14.9. The second kappa shape index (κ2) is 6.09. The van der Waals surface area contributed by atoms with Gasteiger partial charge in [-0.2, -0.15) is 5.10 Å². The number of rotatable bonds is 4. The third-order valence-electron chi connectivity index (χ3n) is 4.49. The summed E-state index contributed by atoms with van der Waals surface area (Å²) in [5.41, 5.74) is 1.58. The number of aromatic amines is 1. The summed E-state index contributed by atoms with van der Waals surface area (Å²) in [5, 5.41) is 10.6. The maximum atomic E-state index is 12.5. The molecule has 7 nitrogen and oxygen atoms in total. The van der Waals surface area contributed by atoms with Crippen molar-refractivity contribution in [3.8, 4) is 0 Å². The predicted octanol–water partition coefficient (Wildman–Crippen LogP) is 2.37. The predicted molar refractivity (Wildman–Crippen MR) is 86.5 cm³/mol. The van der Waals surface area contributed by atoms with Crippen molar-refractivity contribution in [1.29, 1.82) is 0 Å². The number of para-hydroxylation sites is 1. The van der Waals surface area contributed by atoms with Crippen LogP contribution in [0.4, 0.5) is 0 Å². The second-order valence-electron chi connectivity index (χ2n) is 5.97. The smallest absolute Gasteiger partial charge is 0.287 e. The Morgan fingerprint density at radius 1 is 1.42 bits per heavy atom. The number of hydrogen-bond acceptors (Lipinski definition) is 5. The highest BCUT2D eigenvalue weighted by Crippen LogP contribution is 2.32. The highest BCUT2D eigenvalue weighted by Gasteiger charge is 2.32. The monoisotopic (exact) mass is 326 g/mol. The van der Waals surface area contributed by atoms with Crippen LogP contribution in [-0.2, 0) is 4.74 Å². The molecule has 24 heavy (non-hydrogen) atoms. The lowest BCUT2D eigenvalue weighted by Gasteiger charge is -2.16. The minimum absolute atomic E-state index is 0.159. The zero-order valence-electron chi connectivity index (χ0n) is 13.3. The van der Waals surface area contributed by atoms with Crippen molar-refractivity contribution in [3.05, 3.63) is 47.7 Å². The maximum absolute atomic E-state index is 12.5. The Morgan fingerprint density at radius 2 is 2.29 bits per heavy atom. The topological polar surface area (TPSA) is 93.0 Å². The fourth-order valence-corrected chi connectivity index (χ4v) is 3.19. The molecule has 124 valence electrons. The van der Waals surface area contributed by atoms with Crippen molar-refractivity contribution in [2.45, 2.75) is 19.4 Å². The average molecular weight is 326 g/mol. The van der Waals surface area contributed by atoms with Crippen LogP contribution in [0.15, 0.2) is 35.0 Å². The molecule has 2 atom stereocenters. The molecule has 7 heteroatoms. The molecule has 2 N–H and O–H groups in total. The largest absolute Gasteiger partial charge is 0.451 e. The van der Waals surface area contributed by atoms with Gasteiger partial charge in [0.15, 0.2) is 11.6 Å². The Kier molecular flexibility index (Phi) is 3.78. The van der Waals surface area contributed by atoms with Gasteiger partial charge in [-0.1, -0.05) is 18.2 Å². The molecular weight excluding hydrogens is 308 g/mol. The molecule has 1 aliphatic rings. The number of hydrogen-bond donors (Lipinski definition) is 2. The van der Waals surface area contributed by atoms with Crippen molar-refractivity contribution in [1.82, 2.24) is 20.5 Å². The van der Waals surface area contributed by atoms with Gasteiger partial charge in [0.05, 0.1) is 0 Å². The number of benzene rings is 1. The van der Waals surface area contributed by atoms with E-state index in [1.807, 2.05) is 31.2 Å². The van der Waals surface area contributed by atoms with Gasteiger partial charge in [-0.15, -0.1) is 0 Å². The zero-order chi connectivity index (χ0) is 16.5. The number of H-pyrrole nitrogens is 1. The second-order valence-corrected chi connectivity index (χ2v) is 5.97. The molecule has 0 spiro atoms. The summed E-state index contributed by atoms with van der Waals surface area (Å²) >= 11 is 0. The molecule has 0 unspecified atom stereocenters. The molecule has 0 saturated carbocycles.